The van der Waals surface area contributed by atoms with Gasteiger partial charge in [0.25, 0.3) is 0 Å². The first kappa shape index (κ1) is 12.9. The molecule has 94 valence electrons. The summed E-state index contributed by atoms with van der Waals surface area (Å²) in [5, 5.41) is 9.61. The van der Waals surface area contributed by atoms with Gasteiger partial charge in [0.2, 0.25) is 0 Å². The number of benzene rings is 2. The zero-order chi connectivity index (χ0) is 13.0. The van der Waals surface area contributed by atoms with Crippen LogP contribution in [0.25, 0.3) is 11.1 Å². The van der Waals surface area contributed by atoms with Gasteiger partial charge in [0, 0.05) is 17.3 Å². The first-order chi connectivity index (χ1) is 8.70. The van der Waals surface area contributed by atoms with Crippen LogP contribution in [0.2, 0.25) is 5.02 Å². The summed E-state index contributed by atoms with van der Waals surface area (Å²) in [5.41, 5.74) is 9.95. The number of anilines is 1. The van der Waals surface area contributed by atoms with Crippen LogP contribution in [-0.4, -0.2) is 11.7 Å². The Morgan fingerprint density at radius 1 is 1.06 bits per heavy atom. The van der Waals surface area contributed by atoms with Crippen molar-refractivity contribution in [3.63, 3.8) is 0 Å². The smallest absolute Gasteiger partial charge is 0.0434 e. The molecular formula is C15H16ClNO. The topological polar surface area (TPSA) is 46.2 Å². The van der Waals surface area contributed by atoms with Gasteiger partial charge in [-0.25, -0.2) is 0 Å². The van der Waals surface area contributed by atoms with Crippen molar-refractivity contribution < 1.29 is 5.11 Å². The highest BCUT2D eigenvalue weighted by molar-refractivity contribution is 6.30. The molecule has 0 spiro atoms. The van der Waals surface area contributed by atoms with E-state index in [1.54, 1.807) is 0 Å². The Morgan fingerprint density at radius 3 is 2.56 bits per heavy atom. The molecular weight excluding hydrogens is 246 g/mol. The van der Waals surface area contributed by atoms with E-state index in [1.807, 2.05) is 36.4 Å². The van der Waals surface area contributed by atoms with E-state index in [0.717, 1.165) is 40.2 Å². The van der Waals surface area contributed by atoms with Crippen LogP contribution in [0.5, 0.6) is 0 Å². The third kappa shape index (κ3) is 3.03. The molecule has 2 aromatic rings. The van der Waals surface area contributed by atoms with Gasteiger partial charge in [-0.1, -0.05) is 29.8 Å². The fourth-order valence-corrected chi connectivity index (χ4v) is 2.13. The van der Waals surface area contributed by atoms with E-state index < -0.39 is 0 Å². The van der Waals surface area contributed by atoms with E-state index in [-0.39, 0.29) is 6.61 Å². The minimum Gasteiger partial charge on any atom is -0.399 e. The number of aliphatic hydroxyl groups excluding tert-OH is 1. The number of nitrogen functional groups attached to an aromatic ring is 1. The van der Waals surface area contributed by atoms with Crippen molar-refractivity contribution in [3.05, 3.63) is 53.1 Å². The van der Waals surface area contributed by atoms with Gasteiger partial charge in [-0.15, -0.1) is 0 Å². The fourth-order valence-electron chi connectivity index (χ4n) is 1.94. The lowest BCUT2D eigenvalue weighted by Gasteiger charge is -2.09. The van der Waals surface area contributed by atoms with E-state index in [2.05, 4.69) is 6.07 Å². The average Bonchev–Trinajstić information content (AvgIpc) is 2.38. The van der Waals surface area contributed by atoms with E-state index in [1.165, 1.54) is 0 Å². The summed E-state index contributed by atoms with van der Waals surface area (Å²) >= 11 is 5.99. The maximum absolute atomic E-state index is 8.88. The van der Waals surface area contributed by atoms with E-state index in [9.17, 15) is 0 Å². The third-order valence-corrected chi connectivity index (χ3v) is 3.14. The molecule has 0 fully saturated rings. The number of aryl methyl sites for hydroxylation is 1. The maximum Gasteiger partial charge on any atom is 0.0434 e. The molecule has 0 aliphatic carbocycles. The quantitative estimate of drug-likeness (QED) is 0.828. The largest absolute Gasteiger partial charge is 0.399 e. The van der Waals surface area contributed by atoms with Crippen LogP contribution in [0, 0.1) is 0 Å². The Bertz CT molecular complexity index is 540. The highest BCUT2D eigenvalue weighted by atomic mass is 35.5. The molecule has 3 heteroatoms. The Hall–Kier alpha value is -1.51. The molecule has 0 aromatic heterocycles. The van der Waals surface area contributed by atoms with Crippen LogP contribution in [0.1, 0.15) is 12.0 Å². The van der Waals surface area contributed by atoms with Crippen LogP contribution in [0.15, 0.2) is 42.5 Å². The molecule has 0 aliphatic heterocycles. The Balaban J connectivity index is 2.34. The first-order valence-electron chi connectivity index (χ1n) is 5.96. The van der Waals surface area contributed by atoms with Gasteiger partial charge in [0.15, 0.2) is 0 Å². The number of rotatable bonds is 4. The van der Waals surface area contributed by atoms with Crippen LogP contribution in [0.3, 0.4) is 0 Å². The number of hydrogen-bond donors (Lipinski definition) is 2. The zero-order valence-electron chi connectivity index (χ0n) is 10.1. The summed E-state index contributed by atoms with van der Waals surface area (Å²) in [6.45, 7) is 0.181. The normalized spacial score (nSPS) is 10.6. The minimum atomic E-state index is 0.181. The van der Waals surface area contributed by atoms with Crippen molar-refractivity contribution in [2.75, 3.05) is 12.3 Å². The lowest BCUT2D eigenvalue weighted by molar-refractivity contribution is 0.288. The second-order valence-corrected chi connectivity index (χ2v) is 4.69. The van der Waals surface area contributed by atoms with Crippen LogP contribution in [-0.2, 0) is 6.42 Å². The summed E-state index contributed by atoms with van der Waals surface area (Å²) in [6.07, 6.45) is 1.51. The Labute approximate surface area is 112 Å². The van der Waals surface area contributed by atoms with Gasteiger partial charge < -0.3 is 10.8 Å². The molecule has 2 nitrogen and oxygen atoms in total. The molecule has 0 saturated carbocycles. The molecule has 0 radical (unpaired) electrons. The number of halogens is 1. The fraction of sp³-hybridized carbons (Fsp3) is 0.200. The molecule has 0 atom stereocenters. The Kier molecular flexibility index (Phi) is 4.24. The summed E-state index contributed by atoms with van der Waals surface area (Å²) in [6, 6.07) is 13.7. The highest BCUT2D eigenvalue weighted by Crippen LogP contribution is 2.26. The molecule has 18 heavy (non-hydrogen) atoms. The van der Waals surface area contributed by atoms with Crippen molar-refractivity contribution in [1.82, 2.24) is 0 Å². The molecule has 2 aromatic carbocycles. The van der Waals surface area contributed by atoms with Crippen LogP contribution >= 0.6 is 11.6 Å². The lowest BCUT2D eigenvalue weighted by Crippen LogP contribution is -1.97. The predicted molar refractivity (Wildman–Crippen MR) is 76.7 cm³/mol. The van der Waals surface area contributed by atoms with Crippen LogP contribution in [0.4, 0.5) is 5.69 Å². The number of aliphatic hydroxyl groups is 1. The summed E-state index contributed by atoms with van der Waals surface area (Å²) < 4.78 is 0. The summed E-state index contributed by atoms with van der Waals surface area (Å²) in [5.74, 6) is 0. The second-order valence-electron chi connectivity index (χ2n) is 4.25. The van der Waals surface area contributed by atoms with Gasteiger partial charge in [-0.05, 0) is 53.8 Å². The Morgan fingerprint density at radius 2 is 1.83 bits per heavy atom. The lowest BCUT2D eigenvalue weighted by atomic mass is 9.99. The minimum absolute atomic E-state index is 0.181. The van der Waals surface area contributed by atoms with E-state index >= 15 is 0 Å². The van der Waals surface area contributed by atoms with Crippen molar-refractivity contribution in [1.29, 1.82) is 0 Å². The predicted octanol–water partition coefficient (Wildman–Crippen LogP) is 3.51. The standard InChI is InChI=1S/C15H16ClNO/c16-14-5-1-3-11(10-14)12-6-7-15(17)13(9-12)4-2-8-18/h1,3,5-7,9-10,18H,2,4,8,17H2. The first-order valence-corrected chi connectivity index (χ1v) is 6.33. The third-order valence-electron chi connectivity index (χ3n) is 2.91. The average molecular weight is 262 g/mol. The summed E-state index contributed by atoms with van der Waals surface area (Å²) in [7, 11) is 0. The molecule has 3 N–H and O–H groups in total. The van der Waals surface area contributed by atoms with Gasteiger partial charge in [-0.3, -0.25) is 0 Å². The van der Waals surface area contributed by atoms with Gasteiger partial charge in [-0.2, -0.15) is 0 Å². The number of hydrogen-bond acceptors (Lipinski definition) is 2. The molecule has 0 saturated heterocycles. The highest BCUT2D eigenvalue weighted by Gasteiger charge is 2.03. The summed E-state index contributed by atoms with van der Waals surface area (Å²) in [4.78, 5) is 0. The second kappa shape index (κ2) is 5.89. The maximum atomic E-state index is 8.88. The molecule has 0 unspecified atom stereocenters. The van der Waals surface area contributed by atoms with Gasteiger partial charge in [0.1, 0.15) is 0 Å². The van der Waals surface area contributed by atoms with Gasteiger partial charge >= 0.3 is 0 Å². The number of nitrogens with two attached hydrogens (primary N) is 1. The van der Waals surface area contributed by atoms with E-state index in [4.69, 9.17) is 22.4 Å². The monoisotopic (exact) mass is 261 g/mol. The molecule has 0 heterocycles. The van der Waals surface area contributed by atoms with Gasteiger partial charge in [0.05, 0.1) is 0 Å². The SMILES string of the molecule is Nc1ccc(-c2cccc(Cl)c2)cc1CCCO. The molecule has 2 rings (SSSR count). The molecule has 0 bridgehead atoms. The molecule has 0 aliphatic rings. The van der Waals surface area contributed by atoms with Crippen LogP contribution < -0.4 is 5.73 Å². The van der Waals surface area contributed by atoms with Crippen molar-refractivity contribution >= 4 is 17.3 Å². The zero-order valence-corrected chi connectivity index (χ0v) is 10.8. The van der Waals surface area contributed by atoms with Crippen molar-refractivity contribution in [3.8, 4) is 11.1 Å². The molecule has 0 amide bonds. The van der Waals surface area contributed by atoms with E-state index in [0.29, 0.717) is 0 Å². The van der Waals surface area contributed by atoms with Crippen molar-refractivity contribution in [2.45, 2.75) is 12.8 Å². The van der Waals surface area contributed by atoms with Crippen molar-refractivity contribution in [2.24, 2.45) is 0 Å².